The summed E-state index contributed by atoms with van der Waals surface area (Å²) in [6.45, 7) is 5.66. The Morgan fingerprint density at radius 1 is 1.18 bits per heavy atom. The summed E-state index contributed by atoms with van der Waals surface area (Å²) in [6.07, 6.45) is 0.241. The zero-order valence-corrected chi connectivity index (χ0v) is 22.2. The van der Waals surface area contributed by atoms with Crippen LogP contribution in [0.1, 0.15) is 40.9 Å². The molecule has 0 saturated carbocycles. The van der Waals surface area contributed by atoms with Crippen LogP contribution in [0.4, 0.5) is 19.3 Å². The lowest BCUT2D eigenvalue weighted by Crippen LogP contribution is -2.41. The fourth-order valence-electron chi connectivity index (χ4n) is 5.24. The molecule has 6 nitrogen and oxygen atoms in total. The number of anilines is 1. The highest BCUT2D eigenvalue weighted by Crippen LogP contribution is 2.55. The van der Waals surface area contributed by atoms with Gasteiger partial charge in [-0.15, -0.1) is 6.58 Å². The van der Waals surface area contributed by atoms with Gasteiger partial charge in [-0.2, -0.15) is 5.26 Å². The number of carboxylic acids is 1. The van der Waals surface area contributed by atoms with Gasteiger partial charge in [0.05, 0.1) is 22.7 Å². The van der Waals surface area contributed by atoms with E-state index in [1.165, 1.54) is 59.5 Å². The number of rotatable bonds is 6. The Labute approximate surface area is 234 Å². The van der Waals surface area contributed by atoms with Crippen LogP contribution in [-0.4, -0.2) is 28.6 Å². The lowest BCUT2D eigenvalue weighted by atomic mass is 9.65. The Kier molecular flexibility index (Phi) is 7.96. The molecule has 1 heterocycles. The molecule has 0 unspecified atom stereocenters. The van der Waals surface area contributed by atoms with E-state index in [9.17, 15) is 14.9 Å². The lowest BCUT2D eigenvalue weighted by Gasteiger charge is -2.36. The van der Waals surface area contributed by atoms with E-state index in [1.807, 2.05) is 0 Å². The van der Waals surface area contributed by atoms with Crippen LogP contribution in [0.25, 0.3) is 0 Å². The van der Waals surface area contributed by atoms with Gasteiger partial charge in [-0.1, -0.05) is 47.0 Å². The molecule has 0 aromatic heterocycles. The first-order chi connectivity index (χ1) is 18.5. The van der Waals surface area contributed by atoms with E-state index >= 15 is 8.78 Å². The average molecular weight is 570 g/mol. The lowest BCUT2D eigenvalue weighted by molar-refractivity contribution is 0.0697. The molecule has 0 spiro atoms. The van der Waals surface area contributed by atoms with E-state index in [0.29, 0.717) is 5.57 Å². The van der Waals surface area contributed by atoms with E-state index < -0.39 is 41.0 Å². The van der Waals surface area contributed by atoms with Crippen LogP contribution < -0.4 is 5.32 Å². The number of amides is 2. The van der Waals surface area contributed by atoms with Gasteiger partial charge in [0.15, 0.2) is 0 Å². The monoisotopic (exact) mass is 569 g/mol. The fourth-order valence-corrected chi connectivity index (χ4v) is 5.58. The van der Waals surface area contributed by atoms with Gasteiger partial charge in [0.1, 0.15) is 17.0 Å². The second-order valence-corrected chi connectivity index (χ2v) is 10.3. The normalized spacial score (nSPS) is 20.4. The van der Waals surface area contributed by atoms with Crippen LogP contribution in [0.15, 0.2) is 72.8 Å². The van der Waals surface area contributed by atoms with Gasteiger partial charge in [0, 0.05) is 34.3 Å². The van der Waals surface area contributed by atoms with Gasteiger partial charge in [-0.25, -0.2) is 18.4 Å². The molecule has 0 aliphatic carbocycles. The van der Waals surface area contributed by atoms with Gasteiger partial charge in [-0.3, -0.25) is 0 Å². The van der Waals surface area contributed by atoms with Crippen molar-refractivity contribution in [2.24, 2.45) is 5.92 Å². The molecule has 3 aromatic rings. The summed E-state index contributed by atoms with van der Waals surface area (Å²) in [5.74, 6) is -3.41. The molecule has 1 fully saturated rings. The second-order valence-electron chi connectivity index (χ2n) is 9.47. The molecule has 39 heavy (non-hydrogen) atoms. The molecule has 10 heteroatoms. The highest BCUT2D eigenvalue weighted by Gasteiger charge is 2.59. The molecule has 1 aliphatic rings. The van der Waals surface area contributed by atoms with Crippen LogP contribution in [0.5, 0.6) is 0 Å². The van der Waals surface area contributed by atoms with Crippen molar-refractivity contribution in [2.45, 2.75) is 24.8 Å². The molecule has 4 rings (SSSR count). The fraction of sp³-hybridized carbons (Fsp3) is 0.207. The van der Waals surface area contributed by atoms with Crippen molar-refractivity contribution in [2.75, 3.05) is 11.9 Å². The van der Waals surface area contributed by atoms with Gasteiger partial charge in [0.25, 0.3) is 0 Å². The van der Waals surface area contributed by atoms with Crippen LogP contribution in [-0.2, 0) is 5.41 Å². The summed E-state index contributed by atoms with van der Waals surface area (Å²) in [7, 11) is 0. The summed E-state index contributed by atoms with van der Waals surface area (Å²) in [5.41, 5.74) is -0.852. The number of hydrogen-bond donors (Lipinski definition) is 2. The first-order valence-electron chi connectivity index (χ1n) is 11.9. The molecule has 3 aromatic carbocycles. The Morgan fingerprint density at radius 2 is 1.87 bits per heavy atom. The second kappa shape index (κ2) is 11.0. The summed E-state index contributed by atoms with van der Waals surface area (Å²) in [6, 6.07) is 13.9. The Hall–Kier alpha value is -3.93. The summed E-state index contributed by atoms with van der Waals surface area (Å²) in [4.78, 5) is 26.2. The Morgan fingerprint density at radius 3 is 2.46 bits per heavy atom. The number of allylic oxidation sites excluding steroid dienone is 1. The number of likely N-dealkylation sites (tertiary alicyclic amines) is 1. The van der Waals surface area contributed by atoms with Crippen molar-refractivity contribution in [1.82, 2.24) is 4.90 Å². The van der Waals surface area contributed by atoms with Crippen LogP contribution in [0, 0.1) is 28.9 Å². The van der Waals surface area contributed by atoms with E-state index in [-0.39, 0.29) is 45.4 Å². The molecule has 0 radical (unpaired) electrons. The van der Waals surface area contributed by atoms with Crippen LogP contribution in [0.2, 0.25) is 10.0 Å². The van der Waals surface area contributed by atoms with Crippen molar-refractivity contribution in [3.8, 4) is 6.07 Å². The number of benzene rings is 3. The van der Waals surface area contributed by atoms with Gasteiger partial charge >= 0.3 is 12.0 Å². The molecular weight excluding hydrogens is 547 g/mol. The van der Waals surface area contributed by atoms with Crippen molar-refractivity contribution in [3.05, 3.63) is 111 Å². The molecule has 1 aliphatic heterocycles. The van der Waals surface area contributed by atoms with E-state index in [2.05, 4.69) is 18.0 Å². The standard InChI is InChI=1S/C29H23Cl2F2N3O3/c1-16(2)12-18-14-36(28(39)35-20-9-6-17(7-10-20)27(37)38)26(21-4-3-5-23(31)25(21)33)29(18,15-34)22-11-8-19(30)13-24(22)32/h3-11,13,18,26H,1,12,14H2,2H3,(H,35,39)(H,37,38)/t18-,26-,29-/m1/s1. The number of nitrogens with zero attached hydrogens (tertiary/aromatic N) is 2. The minimum Gasteiger partial charge on any atom is -0.478 e. The number of halogens is 4. The highest BCUT2D eigenvalue weighted by atomic mass is 35.5. The molecule has 0 bridgehead atoms. The minimum absolute atomic E-state index is 0.0243. The average Bonchev–Trinajstić information content (AvgIpc) is 3.20. The summed E-state index contributed by atoms with van der Waals surface area (Å²) < 4.78 is 31.1. The number of carbonyl (C=O) groups is 2. The highest BCUT2D eigenvalue weighted by molar-refractivity contribution is 6.31. The molecular formula is C29H23Cl2F2N3O3. The first kappa shape index (κ1) is 28.1. The minimum atomic E-state index is -1.75. The first-order valence-corrected chi connectivity index (χ1v) is 12.6. The smallest absolute Gasteiger partial charge is 0.335 e. The van der Waals surface area contributed by atoms with Crippen molar-refractivity contribution in [1.29, 1.82) is 5.26 Å². The van der Waals surface area contributed by atoms with E-state index in [1.54, 1.807) is 6.92 Å². The number of nitrogens with one attached hydrogen (secondary N) is 1. The number of carboxylic acid groups (broad SMARTS) is 1. The van der Waals surface area contributed by atoms with Crippen LogP contribution in [0.3, 0.4) is 0 Å². The predicted molar refractivity (Wildman–Crippen MR) is 145 cm³/mol. The van der Waals surface area contributed by atoms with Crippen LogP contribution >= 0.6 is 23.2 Å². The maximum atomic E-state index is 15.6. The SMILES string of the molecule is C=C(C)C[C@@H]1CN(C(=O)Nc2ccc(C(=O)O)cc2)[C@H](c2cccc(Cl)c2F)[C@@]1(C#N)c1ccc(Cl)cc1F. The molecule has 1 saturated heterocycles. The van der Waals surface area contributed by atoms with E-state index in [0.717, 1.165) is 6.07 Å². The van der Waals surface area contributed by atoms with Crippen molar-refractivity contribution >= 4 is 40.9 Å². The van der Waals surface area contributed by atoms with Gasteiger partial charge < -0.3 is 15.3 Å². The zero-order valence-electron chi connectivity index (χ0n) is 20.7. The summed E-state index contributed by atoms with van der Waals surface area (Å²) in [5, 5.41) is 22.5. The summed E-state index contributed by atoms with van der Waals surface area (Å²) >= 11 is 12.1. The van der Waals surface area contributed by atoms with E-state index in [4.69, 9.17) is 28.3 Å². The maximum Gasteiger partial charge on any atom is 0.335 e. The van der Waals surface area contributed by atoms with Gasteiger partial charge in [-0.05, 0) is 55.8 Å². The number of hydrogen-bond acceptors (Lipinski definition) is 3. The number of aromatic carboxylic acids is 1. The Balaban J connectivity index is 1.91. The van der Waals surface area contributed by atoms with Crippen molar-refractivity contribution < 1.29 is 23.5 Å². The molecule has 200 valence electrons. The van der Waals surface area contributed by atoms with Gasteiger partial charge in [0.2, 0.25) is 0 Å². The predicted octanol–water partition coefficient (Wildman–Crippen LogP) is 7.60. The Bertz CT molecular complexity index is 1510. The third-order valence-electron chi connectivity index (χ3n) is 6.88. The quantitative estimate of drug-likeness (QED) is 0.299. The topological polar surface area (TPSA) is 93.4 Å². The molecule has 2 amide bonds. The number of carbonyl (C=O) groups excluding carboxylic acids is 1. The maximum absolute atomic E-state index is 15.6. The third-order valence-corrected chi connectivity index (χ3v) is 7.41. The number of nitriles is 1. The number of urea groups is 1. The largest absolute Gasteiger partial charge is 0.478 e. The third kappa shape index (κ3) is 5.20. The zero-order chi connectivity index (χ0) is 28.5. The molecule has 2 N–H and O–H groups in total. The van der Waals surface area contributed by atoms with Crippen molar-refractivity contribution in [3.63, 3.8) is 0 Å². The molecule has 3 atom stereocenters.